The average molecular weight is 522 g/mol. The van der Waals surface area contributed by atoms with Gasteiger partial charge in [-0.3, -0.25) is 14.4 Å². The predicted octanol–water partition coefficient (Wildman–Crippen LogP) is 0.632. The van der Waals surface area contributed by atoms with Crippen LogP contribution in [-0.2, 0) is 25.6 Å². The molecular weight excluding hydrogens is 478 g/mol. The lowest BCUT2D eigenvalue weighted by Gasteiger charge is -2.27. The number of phenols is 1. The Hall–Kier alpha value is -3.18. The zero-order valence-corrected chi connectivity index (χ0v) is 22.2. The molecule has 0 aliphatic rings. The number of amides is 3. The summed E-state index contributed by atoms with van der Waals surface area (Å²) in [6.45, 7) is 7.69. The van der Waals surface area contributed by atoms with Crippen molar-refractivity contribution >= 4 is 23.7 Å². The van der Waals surface area contributed by atoms with Gasteiger partial charge in [0.25, 0.3) is 0 Å². The average Bonchev–Trinajstić information content (AvgIpc) is 2.81. The molecule has 11 heteroatoms. The van der Waals surface area contributed by atoms with Crippen LogP contribution in [0.25, 0.3) is 0 Å². The highest BCUT2D eigenvalue weighted by molar-refractivity contribution is 5.94. The van der Waals surface area contributed by atoms with Gasteiger partial charge in [-0.25, -0.2) is 4.79 Å². The molecule has 0 fully saturated rings. The minimum absolute atomic E-state index is 0.0506. The molecule has 1 aromatic carbocycles. The smallest absolute Gasteiger partial charge is 0.326 e. The van der Waals surface area contributed by atoms with Gasteiger partial charge in [0, 0.05) is 0 Å². The SMILES string of the molecule is CC(C)CC(NC(=O)C(N)Cc1ccc(O)cc1)C(=O)NC(C(=O)NC(CCCCN)C(=O)O)C(C)C. The first-order valence-corrected chi connectivity index (χ1v) is 12.7. The molecule has 11 nitrogen and oxygen atoms in total. The molecule has 0 aliphatic carbocycles. The summed E-state index contributed by atoms with van der Waals surface area (Å²) in [4.78, 5) is 50.5. The second kappa shape index (κ2) is 15.8. The molecule has 208 valence electrons. The number of benzene rings is 1. The number of phenolic OH excluding ortho intramolecular Hbond substituents is 1. The molecule has 0 radical (unpaired) electrons. The Balaban J connectivity index is 2.90. The molecule has 0 aliphatic heterocycles. The van der Waals surface area contributed by atoms with E-state index in [-0.39, 0.29) is 30.4 Å². The summed E-state index contributed by atoms with van der Waals surface area (Å²) in [6.07, 6.45) is 1.92. The zero-order valence-electron chi connectivity index (χ0n) is 22.2. The Morgan fingerprint density at radius 2 is 1.46 bits per heavy atom. The van der Waals surface area contributed by atoms with Crippen LogP contribution >= 0.6 is 0 Å². The Labute approximate surface area is 218 Å². The Kier molecular flexibility index (Phi) is 13.6. The Morgan fingerprint density at radius 3 is 1.97 bits per heavy atom. The molecule has 37 heavy (non-hydrogen) atoms. The number of carboxylic acid groups (broad SMARTS) is 1. The van der Waals surface area contributed by atoms with Crippen molar-refractivity contribution < 1.29 is 29.4 Å². The summed E-state index contributed by atoms with van der Waals surface area (Å²) in [5, 5.41) is 26.8. The van der Waals surface area contributed by atoms with Crippen molar-refractivity contribution in [1.82, 2.24) is 16.0 Å². The molecule has 3 amide bonds. The van der Waals surface area contributed by atoms with E-state index in [2.05, 4.69) is 16.0 Å². The van der Waals surface area contributed by atoms with Gasteiger partial charge < -0.3 is 37.6 Å². The number of rotatable bonds is 16. The summed E-state index contributed by atoms with van der Waals surface area (Å²) in [5.41, 5.74) is 12.3. The number of hydrogen-bond donors (Lipinski definition) is 7. The van der Waals surface area contributed by atoms with Crippen molar-refractivity contribution in [3.63, 3.8) is 0 Å². The lowest BCUT2D eigenvalue weighted by Crippen LogP contribution is -2.58. The molecular formula is C26H43N5O6. The lowest BCUT2D eigenvalue weighted by molar-refractivity contribution is -0.142. The maximum Gasteiger partial charge on any atom is 0.326 e. The van der Waals surface area contributed by atoms with Crippen molar-refractivity contribution in [2.75, 3.05) is 6.54 Å². The fourth-order valence-electron chi connectivity index (χ4n) is 3.76. The number of carbonyl (C=O) groups is 4. The van der Waals surface area contributed by atoms with E-state index < -0.39 is 47.9 Å². The van der Waals surface area contributed by atoms with Gasteiger partial charge in [-0.15, -0.1) is 0 Å². The van der Waals surface area contributed by atoms with Crippen molar-refractivity contribution in [2.24, 2.45) is 23.3 Å². The highest BCUT2D eigenvalue weighted by Crippen LogP contribution is 2.12. The van der Waals surface area contributed by atoms with Crippen molar-refractivity contribution in [3.8, 4) is 5.75 Å². The second-order valence-corrected chi connectivity index (χ2v) is 10.1. The largest absolute Gasteiger partial charge is 0.508 e. The number of hydrogen-bond acceptors (Lipinski definition) is 7. The Morgan fingerprint density at radius 1 is 0.865 bits per heavy atom. The van der Waals surface area contributed by atoms with Crippen LogP contribution in [0.2, 0.25) is 0 Å². The first-order chi connectivity index (χ1) is 17.3. The minimum Gasteiger partial charge on any atom is -0.508 e. The number of unbranched alkanes of at least 4 members (excludes halogenated alkanes) is 1. The first kappa shape index (κ1) is 31.8. The number of carboxylic acids is 1. The lowest BCUT2D eigenvalue weighted by atomic mass is 9.98. The number of aromatic hydroxyl groups is 1. The number of aliphatic carboxylic acids is 1. The molecule has 0 aromatic heterocycles. The Bertz CT molecular complexity index is 890. The monoisotopic (exact) mass is 521 g/mol. The van der Waals surface area contributed by atoms with Crippen LogP contribution in [0, 0.1) is 11.8 Å². The summed E-state index contributed by atoms with van der Waals surface area (Å²) in [5.74, 6) is -3.03. The van der Waals surface area contributed by atoms with Gasteiger partial charge in [-0.2, -0.15) is 0 Å². The predicted molar refractivity (Wildman–Crippen MR) is 140 cm³/mol. The van der Waals surface area contributed by atoms with Crippen LogP contribution < -0.4 is 27.4 Å². The van der Waals surface area contributed by atoms with E-state index >= 15 is 0 Å². The van der Waals surface area contributed by atoms with Crippen LogP contribution in [0.4, 0.5) is 0 Å². The van der Waals surface area contributed by atoms with Crippen molar-refractivity contribution in [1.29, 1.82) is 0 Å². The van der Waals surface area contributed by atoms with Gasteiger partial charge in [0.2, 0.25) is 17.7 Å². The first-order valence-electron chi connectivity index (χ1n) is 12.7. The molecule has 0 bridgehead atoms. The zero-order chi connectivity index (χ0) is 28.1. The summed E-state index contributed by atoms with van der Waals surface area (Å²) >= 11 is 0. The van der Waals surface area contributed by atoms with Crippen LogP contribution in [-0.4, -0.2) is 64.6 Å². The fraction of sp³-hybridized carbons (Fsp3) is 0.615. The molecule has 1 aromatic rings. The molecule has 0 saturated carbocycles. The number of nitrogens with one attached hydrogen (secondary N) is 3. The third-order valence-corrected chi connectivity index (χ3v) is 5.88. The summed E-state index contributed by atoms with van der Waals surface area (Å²) in [7, 11) is 0. The summed E-state index contributed by atoms with van der Waals surface area (Å²) in [6, 6.07) is 2.36. The highest BCUT2D eigenvalue weighted by atomic mass is 16.4. The van der Waals surface area contributed by atoms with E-state index in [1.54, 1.807) is 26.0 Å². The van der Waals surface area contributed by atoms with Crippen LogP contribution in [0.5, 0.6) is 5.75 Å². The maximum absolute atomic E-state index is 13.2. The quantitative estimate of drug-likeness (QED) is 0.154. The van der Waals surface area contributed by atoms with Gasteiger partial charge in [-0.1, -0.05) is 39.8 Å². The van der Waals surface area contributed by atoms with Crippen molar-refractivity contribution in [3.05, 3.63) is 29.8 Å². The van der Waals surface area contributed by atoms with Crippen LogP contribution in [0.3, 0.4) is 0 Å². The molecule has 0 saturated heterocycles. The third-order valence-electron chi connectivity index (χ3n) is 5.88. The topological polar surface area (TPSA) is 197 Å². The third kappa shape index (κ3) is 11.6. The normalized spacial score (nSPS) is 14.5. The van der Waals surface area contributed by atoms with E-state index in [0.29, 0.717) is 25.8 Å². The van der Waals surface area contributed by atoms with E-state index in [1.807, 2.05) is 13.8 Å². The molecule has 1 rings (SSSR count). The van der Waals surface area contributed by atoms with E-state index in [9.17, 15) is 29.4 Å². The molecule has 0 spiro atoms. The van der Waals surface area contributed by atoms with Gasteiger partial charge in [0.1, 0.15) is 23.9 Å². The molecule has 9 N–H and O–H groups in total. The second-order valence-electron chi connectivity index (χ2n) is 10.1. The van der Waals surface area contributed by atoms with Crippen LogP contribution in [0.15, 0.2) is 24.3 Å². The van der Waals surface area contributed by atoms with Gasteiger partial charge >= 0.3 is 5.97 Å². The van der Waals surface area contributed by atoms with E-state index in [1.165, 1.54) is 12.1 Å². The molecule has 4 unspecified atom stereocenters. The van der Waals surface area contributed by atoms with Gasteiger partial charge in [0.05, 0.1) is 6.04 Å². The highest BCUT2D eigenvalue weighted by Gasteiger charge is 2.32. The minimum atomic E-state index is -1.16. The number of carbonyl (C=O) groups excluding carboxylic acids is 3. The maximum atomic E-state index is 13.2. The van der Waals surface area contributed by atoms with Crippen LogP contribution in [0.1, 0.15) is 58.9 Å². The van der Waals surface area contributed by atoms with Gasteiger partial charge in [-0.05, 0) is 68.2 Å². The van der Waals surface area contributed by atoms with E-state index in [4.69, 9.17) is 11.5 Å². The van der Waals surface area contributed by atoms with Gasteiger partial charge in [0.15, 0.2) is 0 Å². The number of nitrogens with two attached hydrogens (primary N) is 2. The fourth-order valence-corrected chi connectivity index (χ4v) is 3.76. The molecule has 0 heterocycles. The van der Waals surface area contributed by atoms with Crippen molar-refractivity contribution in [2.45, 2.75) is 84.0 Å². The van der Waals surface area contributed by atoms with E-state index in [0.717, 1.165) is 5.56 Å². The molecule has 4 atom stereocenters. The summed E-state index contributed by atoms with van der Waals surface area (Å²) < 4.78 is 0. The standard InChI is InChI=1S/C26H43N5O6/c1-15(2)13-21(30-23(33)19(28)14-17-8-10-18(32)11-9-17)24(34)31-22(16(3)4)25(35)29-20(26(36)37)7-5-6-12-27/h8-11,15-16,19-22,32H,5-7,12-14,27-28H2,1-4H3,(H,29,35)(H,30,33)(H,31,34)(H,36,37).